The van der Waals surface area contributed by atoms with E-state index in [4.69, 9.17) is 10.5 Å². The molecule has 2 unspecified atom stereocenters. The molecule has 1 heterocycles. The van der Waals surface area contributed by atoms with Gasteiger partial charge in [-0.05, 0) is 44.0 Å². The fourth-order valence-electron chi connectivity index (χ4n) is 2.84. The van der Waals surface area contributed by atoms with E-state index in [1.54, 1.807) is 6.07 Å². The molecular formula is C15H21F3N2O. The summed E-state index contributed by atoms with van der Waals surface area (Å²) in [5.74, 6) is 0. The second kappa shape index (κ2) is 6.23. The molecule has 1 aliphatic rings. The number of ether oxygens (including phenoxy) is 1. The largest absolute Gasteiger partial charge is 0.416 e. The first-order valence-corrected chi connectivity index (χ1v) is 7.09. The van der Waals surface area contributed by atoms with E-state index < -0.39 is 11.7 Å². The van der Waals surface area contributed by atoms with E-state index in [-0.39, 0.29) is 30.7 Å². The van der Waals surface area contributed by atoms with Crippen LogP contribution in [-0.4, -0.2) is 32.3 Å². The van der Waals surface area contributed by atoms with Gasteiger partial charge in [0.25, 0.3) is 0 Å². The Bertz CT molecular complexity index is 490. The van der Waals surface area contributed by atoms with Crippen molar-refractivity contribution in [3.63, 3.8) is 0 Å². The minimum atomic E-state index is -4.36. The zero-order chi connectivity index (χ0) is 15.6. The second-order valence-corrected chi connectivity index (χ2v) is 5.42. The van der Waals surface area contributed by atoms with Gasteiger partial charge >= 0.3 is 6.18 Å². The summed E-state index contributed by atoms with van der Waals surface area (Å²) in [7, 11) is 1.81. The van der Waals surface area contributed by atoms with Crippen LogP contribution in [0.4, 0.5) is 18.9 Å². The first-order valence-electron chi connectivity index (χ1n) is 7.09. The molecule has 0 saturated carbocycles. The lowest BCUT2D eigenvalue weighted by Crippen LogP contribution is -2.36. The number of nitrogens with two attached hydrogens (primary N) is 1. The number of hydrogen-bond acceptors (Lipinski definition) is 3. The summed E-state index contributed by atoms with van der Waals surface area (Å²) in [6.07, 6.45) is -3.29. The maximum absolute atomic E-state index is 13.2. The summed E-state index contributed by atoms with van der Waals surface area (Å²) >= 11 is 0. The number of benzene rings is 1. The Balaban J connectivity index is 2.32. The number of alkyl halides is 3. The van der Waals surface area contributed by atoms with Crippen molar-refractivity contribution < 1.29 is 17.9 Å². The molecule has 1 aliphatic heterocycles. The van der Waals surface area contributed by atoms with Crippen LogP contribution in [0.5, 0.6) is 0 Å². The highest BCUT2D eigenvalue weighted by molar-refractivity contribution is 5.52. The molecule has 0 bridgehead atoms. The van der Waals surface area contributed by atoms with Crippen LogP contribution in [0.15, 0.2) is 18.2 Å². The van der Waals surface area contributed by atoms with E-state index >= 15 is 0 Å². The van der Waals surface area contributed by atoms with E-state index in [9.17, 15) is 13.2 Å². The molecular weight excluding hydrogens is 281 g/mol. The van der Waals surface area contributed by atoms with Crippen molar-refractivity contribution in [2.24, 2.45) is 5.73 Å². The van der Waals surface area contributed by atoms with Crippen LogP contribution < -0.4 is 10.6 Å². The summed E-state index contributed by atoms with van der Waals surface area (Å²) in [5.41, 5.74) is 5.61. The Hall–Kier alpha value is -1.27. The predicted octanol–water partition coefficient (Wildman–Crippen LogP) is 2.82. The molecule has 0 aromatic heterocycles. The summed E-state index contributed by atoms with van der Waals surface area (Å²) in [4.78, 5) is 1.87. The molecule has 2 atom stereocenters. The first-order chi connectivity index (χ1) is 9.84. The lowest BCUT2D eigenvalue weighted by atomic mass is 10.0. The normalized spacial score (nSPS) is 22.6. The molecule has 6 heteroatoms. The maximum Gasteiger partial charge on any atom is 0.416 e. The van der Waals surface area contributed by atoms with Crippen molar-refractivity contribution in [3.05, 3.63) is 29.3 Å². The molecule has 2 rings (SSSR count). The summed E-state index contributed by atoms with van der Waals surface area (Å²) in [6, 6.07) is 4.58. The molecule has 1 fully saturated rings. The van der Waals surface area contributed by atoms with Gasteiger partial charge in [0.15, 0.2) is 0 Å². The SMILES string of the molecule is CC1OCCC1N(C)c1ccc(CCN)c(C(F)(F)F)c1. The molecule has 0 radical (unpaired) electrons. The number of anilines is 1. The van der Waals surface area contributed by atoms with E-state index in [0.717, 1.165) is 6.42 Å². The molecule has 1 aromatic rings. The maximum atomic E-state index is 13.2. The van der Waals surface area contributed by atoms with Crippen LogP contribution in [0, 0.1) is 0 Å². The van der Waals surface area contributed by atoms with Gasteiger partial charge in [-0.2, -0.15) is 13.2 Å². The minimum absolute atomic E-state index is 0.0213. The molecule has 118 valence electrons. The van der Waals surface area contributed by atoms with Crippen LogP contribution in [0.2, 0.25) is 0 Å². The van der Waals surface area contributed by atoms with Crippen LogP contribution in [-0.2, 0) is 17.3 Å². The fourth-order valence-corrected chi connectivity index (χ4v) is 2.84. The van der Waals surface area contributed by atoms with Crippen LogP contribution in [0.25, 0.3) is 0 Å². The molecule has 21 heavy (non-hydrogen) atoms. The second-order valence-electron chi connectivity index (χ2n) is 5.42. The van der Waals surface area contributed by atoms with Crippen molar-refractivity contribution >= 4 is 5.69 Å². The van der Waals surface area contributed by atoms with Crippen molar-refractivity contribution in [2.45, 2.75) is 38.1 Å². The average Bonchev–Trinajstić information content (AvgIpc) is 2.84. The third kappa shape index (κ3) is 3.49. The van der Waals surface area contributed by atoms with Crippen molar-refractivity contribution in [3.8, 4) is 0 Å². The molecule has 1 saturated heterocycles. The Kier molecular flexibility index (Phi) is 4.78. The summed E-state index contributed by atoms with van der Waals surface area (Å²) in [6.45, 7) is 2.79. The minimum Gasteiger partial charge on any atom is -0.376 e. The first kappa shape index (κ1) is 16.1. The van der Waals surface area contributed by atoms with Crippen molar-refractivity contribution in [2.75, 3.05) is 25.1 Å². The molecule has 0 amide bonds. The van der Waals surface area contributed by atoms with E-state index in [2.05, 4.69) is 0 Å². The predicted molar refractivity (Wildman–Crippen MR) is 76.4 cm³/mol. The molecule has 0 aliphatic carbocycles. The summed E-state index contributed by atoms with van der Waals surface area (Å²) < 4.78 is 45.0. The Morgan fingerprint density at radius 2 is 2.10 bits per heavy atom. The van der Waals surface area contributed by atoms with Gasteiger partial charge in [0.1, 0.15) is 0 Å². The number of likely N-dealkylation sites (N-methyl/N-ethyl adjacent to an activating group) is 1. The Morgan fingerprint density at radius 1 is 1.38 bits per heavy atom. The summed E-state index contributed by atoms with van der Waals surface area (Å²) in [5, 5.41) is 0. The average molecular weight is 302 g/mol. The topological polar surface area (TPSA) is 38.5 Å². The van der Waals surface area contributed by atoms with Gasteiger partial charge in [-0.1, -0.05) is 6.07 Å². The van der Waals surface area contributed by atoms with E-state index in [1.807, 2.05) is 18.9 Å². The van der Waals surface area contributed by atoms with Gasteiger partial charge in [0.2, 0.25) is 0 Å². The Morgan fingerprint density at radius 3 is 2.62 bits per heavy atom. The molecule has 3 nitrogen and oxygen atoms in total. The smallest absolute Gasteiger partial charge is 0.376 e. The third-order valence-corrected chi connectivity index (χ3v) is 4.05. The molecule has 1 aromatic carbocycles. The van der Waals surface area contributed by atoms with E-state index in [1.165, 1.54) is 12.1 Å². The standard InChI is InChI=1S/C15H21F3N2O/c1-10-14(6-8-21-10)20(2)12-4-3-11(5-7-19)13(9-12)15(16,17)18/h3-4,9-10,14H,5-8,19H2,1-2H3. The number of nitrogens with zero attached hydrogens (tertiary/aromatic N) is 1. The number of halogens is 3. The molecule has 0 spiro atoms. The highest BCUT2D eigenvalue weighted by Gasteiger charge is 2.34. The quantitative estimate of drug-likeness (QED) is 0.929. The monoisotopic (exact) mass is 302 g/mol. The van der Waals surface area contributed by atoms with Crippen LogP contribution >= 0.6 is 0 Å². The van der Waals surface area contributed by atoms with Crippen molar-refractivity contribution in [1.29, 1.82) is 0 Å². The third-order valence-electron chi connectivity index (χ3n) is 4.05. The van der Waals surface area contributed by atoms with Gasteiger partial charge in [-0.25, -0.2) is 0 Å². The van der Waals surface area contributed by atoms with Gasteiger partial charge in [-0.3, -0.25) is 0 Å². The fraction of sp³-hybridized carbons (Fsp3) is 0.600. The highest BCUT2D eigenvalue weighted by atomic mass is 19.4. The van der Waals surface area contributed by atoms with Gasteiger partial charge < -0.3 is 15.4 Å². The number of hydrogen-bond donors (Lipinski definition) is 1. The van der Waals surface area contributed by atoms with Crippen LogP contribution in [0.3, 0.4) is 0 Å². The van der Waals surface area contributed by atoms with Gasteiger partial charge in [0, 0.05) is 19.3 Å². The van der Waals surface area contributed by atoms with Crippen LogP contribution in [0.1, 0.15) is 24.5 Å². The highest BCUT2D eigenvalue weighted by Crippen LogP contribution is 2.35. The lowest BCUT2D eigenvalue weighted by molar-refractivity contribution is -0.138. The zero-order valence-corrected chi connectivity index (χ0v) is 12.3. The van der Waals surface area contributed by atoms with Gasteiger partial charge in [-0.15, -0.1) is 0 Å². The van der Waals surface area contributed by atoms with Gasteiger partial charge in [0.05, 0.1) is 17.7 Å². The lowest BCUT2D eigenvalue weighted by Gasteiger charge is -2.29. The number of rotatable bonds is 4. The Labute approximate surface area is 122 Å². The van der Waals surface area contributed by atoms with Crippen molar-refractivity contribution in [1.82, 2.24) is 0 Å². The molecule has 2 N–H and O–H groups in total. The zero-order valence-electron chi connectivity index (χ0n) is 12.3. The van der Waals surface area contributed by atoms with E-state index in [0.29, 0.717) is 12.3 Å².